The van der Waals surface area contributed by atoms with Gasteiger partial charge in [0.1, 0.15) is 0 Å². The zero-order valence-electron chi connectivity index (χ0n) is 8.70. The monoisotopic (exact) mass is 209 g/mol. The highest BCUT2D eigenvalue weighted by Gasteiger charge is 2.08. The van der Waals surface area contributed by atoms with E-state index in [1.807, 2.05) is 13.8 Å². The first-order chi connectivity index (χ1) is 6.63. The van der Waals surface area contributed by atoms with E-state index >= 15 is 0 Å². The molecule has 0 saturated heterocycles. The number of rotatable bonds is 3. The van der Waals surface area contributed by atoms with E-state index in [1.54, 1.807) is 17.4 Å². The molecule has 1 N–H and O–H groups in total. The molecule has 0 bridgehead atoms. The lowest BCUT2D eigenvalue weighted by atomic mass is 10.2. The summed E-state index contributed by atoms with van der Waals surface area (Å²) < 4.78 is 0. The average molecular weight is 209 g/mol. The summed E-state index contributed by atoms with van der Waals surface area (Å²) in [6.07, 6.45) is 3.28. The van der Waals surface area contributed by atoms with Crippen LogP contribution in [0.1, 0.15) is 29.6 Å². The lowest BCUT2D eigenvalue weighted by molar-refractivity contribution is -0.117. The number of allylic oxidation sites excluding steroid dienone is 1. The van der Waals surface area contributed by atoms with Crippen molar-refractivity contribution in [1.29, 1.82) is 0 Å². The van der Waals surface area contributed by atoms with Crippen LogP contribution in [0.5, 0.6) is 0 Å². The van der Waals surface area contributed by atoms with Crippen LogP contribution >= 0.6 is 11.3 Å². The van der Waals surface area contributed by atoms with Crippen molar-refractivity contribution in [2.45, 2.75) is 26.8 Å². The molecule has 76 valence electrons. The summed E-state index contributed by atoms with van der Waals surface area (Å²) in [5.74, 6) is -0.0361. The molecule has 1 aromatic rings. The predicted octanol–water partition coefficient (Wildman–Crippen LogP) is 2.81. The average Bonchev–Trinajstić information content (AvgIpc) is 2.52. The zero-order valence-corrected chi connectivity index (χ0v) is 9.52. The molecule has 0 aliphatic rings. The van der Waals surface area contributed by atoms with Crippen LogP contribution in [-0.2, 0) is 4.79 Å². The van der Waals surface area contributed by atoms with E-state index in [0.717, 1.165) is 0 Å². The van der Waals surface area contributed by atoms with E-state index in [0.29, 0.717) is 0 Å². The first-order valence-corrected chi connectivity index (χ1v) is 5.44. The molecule has 1 rings (SSSR count). The van der Waals surface area contributed by atoms with E-state index in [1.165, 1.54) is 15.8 Å². The predicted molar refractivity (Wildman–Crippen MR) is 60.4 cm³/mol. The van der Waals surface area contributed by atoms with Gasteiger partial charge < -0.3 is 5.32 Å². The Labute approximate surface area is 88.6 Å². The normalized spacial score (nSPS) is 13.1. The molecule has 1 heterocycles. The van der Waals surface area contributed by atoms with Gasteiger partial charge in [-0.2, -0.15) is 0 Å². The van der Waals surface area contributed by atoms with Gasteiger partial charge in [0, 0.05) is 9.75 Å². The highest BCUT2D eigenvalue weighted by Crippen LogP contribution is 2.21. The Kier molecular flexibility index (Phi) is 3.89. The minimum absolute atomic E-state index is 0.0361. The number of nitrogens with one attached hydrogen (secondary N) is 1. The van der Waals surface area contributed by atoms with Crippen LogP contribution in [0.15, 0.2) is 24.3 Å². The van der Waals surface area contributed by atoms with Gasteiger partial charge in [-0.1, -0.05) is 6.08 Å². The van der Waals surface area contributed by atoms with Gasteiger partial charge in [0.25, 0.3) is 0 Å². The van der Waals surface area contributed by atoms with E-state index in [-0.39, 0.29) is 11.9 Å². The number of aryl methyl sites for hydroxylation is 1. The molecule has 1 amide bonds. The van der Waals surface area contributed by atoms with Crippen molar-refractivity contribution in [3.05, 3.63) is 34.0 Å². The van der Waals surface area contributed by atoms with Crippen LogP contribution in [0, 0.1) is 6.92 Å². The van der Waals surface area contributed by atoms with Gasteiger partial charge in [0.05, 0.1) is 6.04 Å². The summed E-state index contributed by atoms with van der Waals surface area (Å²) in [5.41, 5.74) is 0. The van der Waals surface area contributed by atoms with Crippen LogP contribution in [-0.4, -0.2) is 5.91 Å². The molecule has 0 aliphatic heterocycles. The highest BCUT2D eigenvalue weighted by atomic mass is 32.1. The Morgan fingerprint density at radius 1 is 1.57 bits per heavy atom. The fourth-order valence-electron chi connectivity index (χ4n) is 1.17. The van der Waals surface area contributed by atoms with Crippen LogP contribution in [0.3, 0.4) is 0 Å². The van der Waals surface area contributed by atoms with Crippen molar-refractivity contribution in [3.63, 3.8) is 0 Å². The van der Waals surface area contributed by atoms with Crippen molar-refractivity contribution in [2.24, 2.45) is 0 Å². The topological polar surface area (TPSA) is 29.1 Å². The number of amides is 1. The number of hydrogen-bond donors (Lipinski definition) is 1. The first kappa shape index (κ1) is 11.0. The highest BCUT2D eigenvalue weighted by molar-refractivity contribution is 7.12. The van der Waals surface area contributed by atoms with Crippen LogP contribution in [0.2, 0.25) is 0 Å². The van der Waals surface area contributed by atoms with Crippen molar-refractivity contribution in [1.82, 2.24) is 5.32 Å². The Bertz CT molecular complexity index is 341. The van der Waals surface area contributed by atoms with E-state index < -0.39 is 0 Å². The Hall–Kier alpha value is -1.09. The zero-order chi connectivity index (χ0) is 10.6. The summed E-state index contributed by atoms with van der Waals surface area (Å²) in [4.78, 5) is 13.7. The molecule has 0 aliphatic carbocycles. The smallest absolute Gasteiger partial charge is 0.244 e. The largest absolute Gasteiger partial charge is 0.345 e. The molecule has 1 aromatic heterocycles. The van der Waals surface area contributed by atoms with Crippen molar-refractivity contribution >= 4 is 17.2 Å². The maximum Gasteiger partial charge on any atom is 0.244 e. The van der Waals surface area contributed by atoms with Gasteiger partial charge in [0.2, 0.25) is 5.91 Å². The maximum atomic E-state index is 11.2. The van der Waals surface area contributed by atoms with Gasteiger partial charge in [-0.05, 0) is 39.0 Å². The number of carbonyl (C=O) groups is 1. The van der Waals surface area contributed by atoms with Gasteiger partial charge in [-0.25, -0.2) is 0 Å². The molecule has 0 fully saturated rings. The van der Waals surface area contributed by atoms with Gasteiger partial charge in [0.15, 0.2) is 0 Å². The molecule has 1 atom stereocenters. The van der Waals surface area contributed by atoms with E-state index in [9.17, 15) is 4.79 Å². The van der Waals surface area contributed by atoms with E-state index in [2.05, 4.69) is 24.4 Å². The SMILES string of the molecule is CC=CC(=O)NC(C)c1ccc(C)s1. The number of carbonyl (C=O) groups excluding carboxylic acids is 1. The first-order valence-electron chi connectivity index (χ1n) is 4.63. The van der Waals surface area contributed by atoms with E-state index in [4.69, 9.17) is 0 Å². The Balaban J connectivity index is 2.58. The van der Waals surface area contributed by atoms with Crippen LogP contribution < -0.4 is 5.32 Å². The van der Waals surface area contributed by atoms with Gasteiger partial charge in [-0.3, -0.25) is 4.79 Å². The molecule has 1 unspecified atom stereocenters. The van der Waals surface area contributed by atoms with Crippen molar-refractivity contribution in [2.75, 3.05) is 0 Å². The molecular formula is C11H15NOS. The minimum Gasteiger partial charge on any atom is -0.345 e. The lowest BCUT2D eigenvalue weighted by Gasteiger charge is -2.09. The lowest BCUT2D eigenvalue weighted by Crippen LogP contribution is -2.23. The van der Waals surface area contributed by atoms with Crippen LogP contribution in [0.25, 0.3) is 0 Å². The molecule has 0 radical (unpaired) electrons. The molecular weight excluding hydrogens is 194 g/mol. The molecule has 0 aromatic carbocycles. The third-order valence-electron chi connectivity index (χ3n) is 1.86. The summed E-state index contributed by atoms with van der Waals surface area (Å²) in [6.45, 7) is 5.89. The van der Waals surface area contributed by atoms with Crippen molar-refractivity contribution in [3.8, 4) is 0 Å². The van der Waals surface area contributed by atoms with Crippen LogP contribution in [0.4, 0.5) is 0 Å². The van der Waals surface area contributed by atoms with Gasteiger partial charge >= 0.3 is 0 Å². The minimum atomic E-state index is -0.0361. The Morgan fingerprint density at radius 2 is 2.29 bits per heavy atom. The molecule has 3 heteroatoms. The van der Waals surface area contributed by atoms with Crippen molar-refractivity contribution < 1.29 is 4.79 Å². The second-order valence-electron chi connectivity index (χ2n) is 3.18. The third-order valence-corrected chi connectivity index (χ3v) is 3.05. The number of thiophene rings is 1. The Morgan fingerprint density at radius 3 is 2.79 bits per heavy atom. The summed E-state index contributed by atoms with van der Waals surface area (Å²) in [5, 5.41) is 2.90. The summed E-state index contributed by atoms with van der Waals surface area (Å²) in [6, 6.07) is 4.22. The fraction of sp³-hybridized carbons (Fsp3) is 0.364. The maximum absolute atomic E-state index is 11.2. The fourth-order valence-corrected chi connectivity index (χ4v) is 2.05. The standard InChI is InChI=1S/C11H15NOS/c1-4-5-11(13)12-9(3)10-7-6-8(2)14-10/h4-7,9H,1-3H3,(H,12,13). The molecule has 0 saturated carbocycles. The molecule has 14 heavy (non-hydrogen) atoms. The van der Waals surface area contributed by atoms with Gasteiger partial charge in [-0.15, -0.1) is 11.3 Å². The third kappa shape index (κ3) is 3.00. The quantitative estimate of drug-likeness (QED) is 0.762. The number of hydrogen-bond acceptors (Lipinski definition) is 2. The molecule has 0 spiro atoms. The summed E-state index contributed by atoms with van der Waals surface area (Å²) in [7, 11) is 0. The second-order valence-corrected chi connectivity index (χ2v) is 4.50. The molecule has 2 nitrogen and oxygen atoms in total. The summed E-state index contributed by atoms with van der Waals surface area (Å²) >= 11 is 1.72. The second kappa shape index (κ2) is 4.96.